The standard InChI is InChI=1S/C24H24ClIN4O4/c1-34-21(31)20(26)14-30-23(32)28-22(27-19-11-8-16-4-2-3-5-17(16)12-19)29(24(30)33)13-15-6-9-18(25)10-7-15/h6-12,20H,2-5,13-14H2,1H3,(H,27,28,32)/t20-/m0/s1. The lowest BCUT2D eigenvalue weighted by molar-refractivity contribution is -0.139. The van der Waals surface area contributed by atoms with E-state index in [0.717, 1.165) is 29.4 Å². The van der Waals surface area contributed by atoms with Gasteiger partial charge in [-0.2, -0.15) is 0 Å². The van der Waals surface area contributed by atoms with Gasteiger partial charge in [-0.3, -0.25) is 14.3 Å². The molecule has 0 spiro atoms. The number of carbonyl (C=O) groups is 1. The number of nitrogens with zero attached hydrogens (tertiary/aromatic N) is 3. The quantitative estimate of drug-likeness (QED) is 0.269. The Bertz CT molecular complexity index is 1390. The van der Waals surface area contributed by atoms with Crippen molar-refractivity contribution in [3.05, 3.63) is 90.8 Å². The van der Waals surface area contributed by atoms with Gasteiger partial charge in [0.1, 0.15) is 3.92 Å². The molecule has 3 aromatic rings. The second-order valence-corrected chi connectivity index (χ2v) is 10.1. The van der Waals surface area contributed by atoms with Crippen LogP contribution in [0.4, 0.5) is 5.69 Å². The van der Waals surface area contributed by atoms with E-state index in [1.807, 2.05) is 46.9 Å². The van der Waals surface area contributed by atoms with Gasteiger partial charge < -0.3 is 4.74 Å². The Morgan fingerprint density at radius 1 is 1.12 bits per heavy atom. The molecule has 178 valence electrons. The summed E-state index contributed by atoms with van der Waals surface area (Å²) in [6.07, 6.45) is 4.36. The molecule has 1 heterocycles. The third kappa shape index (κ3) is 5.52. The lowest BCUT2D eigenvalue weighted by atomic mass is 9.91. The normalized spacial score (nSPS) is 14.5. The summed E-state index contributed by atoms with van der Waals surface area (Å²) in [6, 6.07) is 13.1. The minimum absolute atomic E-state index is 0.124. The highest BCUT2D eigenvalue weighted by Crippen LogP contribution is 2.25. The molecule has 1 aliphatic rings. The fourth-order valence-electron chi connectivity index (χ4n) is 3.99. The van der Waals surface area contributed by atoms with Crippen LogP contribution in [0.5, 0.6) is 0 Å². The topological polar surface area (TPSA) is 98.4 Å². The van der Waals surface area contributed by atoms with Crippen LogP contribution in [0.25, 0.3) is 0 Å². The molecule has 0 aliphatic heterocycles. The monoisotopic (exact) mass is 594 g/mol. The van der Waals surface area contributed by atoms with Crippen molar-refractivity contribution >= 4 is 45.8 Å². The number of aromatic nitrogens is 3. The van der Waals surface area contributed by atoms with Crippen molar-refractivity contribution in [2.24, 2.45) is 4.99 Å². The molecule has 2 aromatic carbocycles. The summed E-state index contributed by atoms with van der Waals surface area (Å²) in [7, 11) is 1.27. The number of nitrogens with one attached hydrogen (secondary N) is 1. The molecule has 0 unspecified atom stereocenters. The van der Waals surface area contributed by atoms with Crippen molar-refractivity contribution in [3.63, 3.8) is 0 Å². The van der Waals surface area contributed by atoms with Crippen LogP contribution in [-0.2, 0) is 35.5 Å². The minimum Gasteiger partial charge on any atom is -0.468 e. The first-order chi connectivity index (χ1) is 16.4. The van der Waals surface area contributed by atoms with E-state index in [1.54, 1.807) is 12.1 Å². The van der Waals surface area contributed by atoms with Crippen LogP contribution in [0, 0.1) is 0 Å². The van der Waals surface area contributed by atoms with E-state index in [0.29, 0.717) is 10.7 Å². The number of hydrogen-bond acceptors (Lipinski definition) is 5. The van der Waals surface area contributed by atoms with Gasteiger partial charge in [-0.25, -0.2) is 19.1 Å². The number of methoxy groups -OCH3 is 1. The maximum Gasteiger partial charge on any atom is 0.335 e. The van der Waals surface area contributed by atoms with Crippen molar-refractivity contribution in [3.8, 4) is 0 Å². The van der Waals surface area contributed by atoms with Gasteiger partial charge in [-0.15, -0.1) is 0 Å². The van der Waals surface area contributed by atoms with Gasteiger partial charge in [0.15, 0.2) is 0 Å². The van der Waals surface area contributed by atoms with E-state index in [4.69, 9.17) is 16.3 Å². The maximum atomic E-state index is 13.4. The average molecular weight is 595 g/mol. The molecule has 1 aliphatic carbocycles. The minimum atomic E-state index is -0.700. The van der Waals surface area contributed by atoms with E-state index < -0.39 is 21.3 Å². The molecule has 0 saturated heterocycles. The van der Waals surface area contributed by atoms with Crippen LogP contribution in [0.2, 0.25) is 5.02 Å². The fourth-order valence-corrected chi connectivity index (χ4v) is 4.77. The summed E-state index contributed by atoms with van der Waals surface area (Å²) >= 11 is 7.86. The third-order valence-corrected chi connectivity index (χ3v) is 6.96. The van der Waals surface area contributed by atoms with E-state index in [-0.39, 0.29) is 18.7 Å². The summed E-state index contributed by atoms with van der Waals surface area (Å²) in [6.45, 7) is 0.0435. The predicted octanol–water partition coefficient (Wildman–Crippen LogP) is 3.13. The third-order valence-electron chi connectivity index (χ3n) is 5.80. The zero-order valence-electron chi connectivity index (χ0n) is 18.6. The van der Waals surface area contributed by atoms with Crippen molar-refractivity contribution in [1.29, 1.82) is 0 Å². The second kappa shape index (κ2) is 10.7. The molecule has 0 bridgehead atoms. The van der Waals surface area contributed by atoms with Gasteiger partial charge in [0, 0.05) is 5.02 Å². The molecule has 8 nitrogen and oxygen atoms in total. The highest BCUT2D eigenvalue weighted by atomic mass is 127. The smallest absolute Gasteiger partial charge is 0.335 e. The molecule has 1 atom stereocenters. The fraction of sp³-hybridized carbons (Fsp3) is 0.333. The summed E-state index contributed by atoms with van der Waals surface area (Å²) in [4.78, 5) is 45.5. The number of esters is 1. The van der Waals surface area contributed by atoms with Crippen LogP contribution in [-0.4, -0.2) is 31.1 Å². The Kier molecular flexibility index (Phi) is 7.72. The largest absolute Gasteiger partial charge is 0.468 e. The maximum absolute atomic E-state index is 13.4. The number of alkyl halides is 1. The number of benzene rings is 2. The van der Waals surface area contributed by atoms with E-state index in [1.165, 1.54) is 29.2 Å². The van der Waals surface area contributed by atoms with E-state index in [9.17, 15) is 14.4 Å². The first-order valence-electron chi connectivity index (χ1n) is 10.9. The highest BCUT2D eigenvalue weighted by Gasteiger charge is 2.20. The first-order valence-corrected chi connectivity index (χ1v) is 12.5. The first kappa shape index (κ1) is 24.5. The number of ether oxygens (including phenoxy) is 1. The van der Waals surface area contributed by atoms with Gasteiger partial charge in [0.25, 0.3) is 0 Å². The van der Waals surface area contributed by atoms with Crippen LogP contribution in [0.3, 0.4) is 0 Å². The number of fused-ring (bicyclic) bond motifs is 1. The zero-order valence-corrected chi connectivity index (χ0v) is 21.5. The van der Waals surface area contributed by atoms with Crippen molar-refractivity contribution in [1.82, 2.24) is 14.1 Å². The van der Waals surface area contributed by atoms with Gasteiger partial charge in [-0.05, 0) is 66.6 Å². The number of H-pyrrole nitrogens is 1. The molecule has 1 N–H and O–H groups in total. The Balaban J connectivity index is 1.83. The molecule has 4 rings (SSSR count). The molecule has 0 amide bonds. The number of aryl methyl sites for hydroxylation is 2. The lowest BCUT2D eigenvalue weighted by Crippen LogP contribution is -2.51. The number of carbonyl (C=O) groups excluding carboxylic acids is 1. The summed E-state index contributed by atoms with van der Waals surface area (Å²) in [5.41, 5.74) is 2.98. The summed E-state index contributed by atoms with van der Waals surface area (Å²) < 4.78 is 6.43. The highest BCUT2D eigenvalue weighted by molar-refractivity contribution is 14.1. The predicted molar refractivity (Wildman–Crippen MR) is 138 cm³/mol. The number of aromatic amines is 1. The van der Waals surface area contributed by atoms with Crippen LogP contribution >= 0.6 is 34.2 Å². The van der Waals surface area contributed by atoms with Crippen molar-refractivity contribution < 1.29 is 9.53 Å². The van der Waals surface area contributed by atoms with Gasteiger partial charge in [0.2, 0.25) is 5.62 Å². The number of rotatable bonds is 6. The summed E-state index contributed by atoms with van der Waals surface area (Å²) in [5.74, 6) is -0.515. The van der Waals surface area contributed by atoms with Gasteiger partial charge >= 0.3 is 17.3 Å². The lowest BCUT2D eigenvalue weighted by Gasteiger charge is -2.16. The van der Waals surface area contributed by atoms with E-state index in [2.05, 4.69) is 16.0 Å². The van der Waals surface area contributed by atoms with Crippen LogP contribution < -0.4 is 17.0 Å². The SMILES string of the molecule is COC(=O)[C@@H](I)Cn1c(=O)[nH]/c(=N\c2ccc3c(c2)CCCC3)n(Cc2ccc(Cl)cc2)c1=O. The molecule has 0 saturated carbocycles. The molecular formula is C24H24ClIN4O4. The second-order valence-electron chi connectivity index (χ2n) is 8.12. The summed E-state index contributed by atoms with van der Waals surface area (Å²) in [5, 5.41) is 0.581. The van der Waals surface area contributed by atoms with Crippen LogP contribution in [0.15, 0.2) is 57.0 Å². The van der Waals surface area contributed by atoms with Gasteiger partial charge in [0.05, 0.1) is 25.9 Å². The Morgan fingerprint density at radius 3 is 2.53 bits per heavy atom. The zero-order chi connectivity index (χ0) is 24.2. The average Bonchev–Trinajstić information content (AvgIpc) is 2.84. The Hall–Kier alpha value is -2.66. The molecule has 34 heavy (non-hydrogen) atoms. The number of hydrogen-bond donors (Lipinski definition) is 1. The molecular weight excluding hydrogens is 571 g/mol. The van der Waals surface area contributed by atoms with E-state index >= 15 is 0 Å². The molecule has 10 heteroatoms. The van der Waals surface area contributed by atoms with Crippen LogP contribution in [0.1, 0.15) is 29.5 Å². The van der Waals surface area contributed by atoms with Crippen molar-refractivity contribution in [2.75, 3.05) is 7.11 Å². The molecule has 0 radical (unpaired) electrons. The number of halogens is 2. The molecule has 0 fully saturated rings. The van der Waals surface area contributed by atoms with Crippen molar-refractivity contribution in [2.45, 2.75) is 42.7 Å². The van der Waals surface area contributed by atoms with Gasteiger partial charge in [-0.1, -0.05) is 52.4 Å². The Labute approximate surface area is 214 Å². The Morgan fingerprint density at radius 2 is 1.82 bits per heavy atom. The molecule has 1 aromatic heterocycles.